The van der Waals surface area contributed by atoms with Crippen LogP contribution in [0.25, 0.3) is 0 Å². The number of carbonyl (C=O) groups excluding carboxylic acids is 1. The predicted molar refractivity (Wildman–Crippen MR) is 110 cm³/mol. The van der Waals surface area contributed by atoms with Crippen molar-refractivity contribution < 1.29 is 27.4 Å². The number of nitrogens with zero attached hydrogens (tertiary/aromatic N) is 2. The van der Waals surface area contributed by atoms with Gasteiger partial charge in [0.25, 0.3) is 5.91 Å². The molecule has 0 unspecified atom stereocenters. The number of fused-ring (bicyclic) bond motifs is 1. The lowest BCUT2D eigenvalue weighted by Crippen LogP contribution is -2.56. The Morgan fingerprint density at radius 2 is 2.29 bits per heavy atom. The Hall–Kier alpha value is -3.20. The molecule has 0 fully saturated rings. The third-order valence-corrected chi connectivity index (χ3v) is 6.57. The molecule has 9 nitrogen and oxygen atoms in total. The Balaban J connectivity index is 1.98. The van der Waals surface area contributed by atoms with Gasteiger partial charge in [-0.1, -0.05) is 6.08 Å². The molecule has 3 rings (SSSR count). The van der Waals surface area contributed by atoms with Crippen LogP contribution in [0.2, 0.25) is 0 Å². The SMILES string of the molecule is C=CC[C@H](O)[C@]1(C)COc2c(cn(C)c2C(=O)Nc2ccc(F)c(C#N)c2)S(=O)(=O)N1. The topological polar surface area (TPSA) is 133 Å². The van der Waals surface area contributed by atoms with E-state index in [0.717, 1.165) is 12.1 Å². The number of nitriles is 1. The van der Waals surface area contributed by atoms with E-state index in [1.165, 1.54) is 36.9 Å². The van der Waals surface area contributed by atoms with Crippen molar-refractivity contribution in [3.8, 4) is 11.8 Å². The van der Waals surface area contributed by atoms with Crippen molar-refractivity contribution in [3.63, 3.8) is 0 Å². The van der Waals surface area contributed by atoms with Crippen LogP contribution in [0.3, 0.4) is 0 Å². The van der Waals surface area contributed by atoms with Crippen molar-refractivity contribution >= 4 is 21.6 Å². The van der Waals surface area contributed by atoms with Gasteiger partial charge in [-0.15, -0.1) is 6.58 Å². The highest BCUT2D eigenvalue weighted by Gasteiger charge is 2.43. The highest BCUT2D eigenvalue weighted by Crippen LogP contribution is 2.35. The Morgan fingerprint density at radius 3 is 2.94 bits per heavy atom. The predicted octanol–water partition coefficient (Wildman–Crippen LogP) is 1.65. The van der Waals surface area contributed by atoms with Gasteiger partial charge >= 0.3 is 0 Å². The van der Waals surface area contributed by atoms with Gasteiger partial charge in [-0.2, -0.15) is 9.98 Å². The first kappa shape index (κ1) is 22.5. The Bertz CT molecular complexity index is 1200. The second kappa shape index (κ2) is 8.14. The van der Waals surface area contributed by atoms with Gasteiger partial charge in [-0.05, 0) is 31.5 Å². The monoisotopic (exact) mass is 448 g/mol. The third-order valence-electron chi connectivity index (χ3n) is 4.96. The van der Waals surface area contributed by atoms with Gasteiger partial charge in [-0.25, -0.2) is 12.8 Å². The molecule has 31 heavy (non-hydrogen) atoms. The Morgan fingerprint density at radius 1 is 1.58 bits per heavy atom. The van der Waals surface area contributed by atoms with E-state index in [0.29, 0.717) is 0 Å². The molecule has 0 bridgehead atoms. The summed E-state index contributed by atoms with van der Waals surface area (Å²) in [5.41, 5.74) is -1.55. The first-order chi connectivity index (χ1) is 14.5. The molecule has 11 heteroatoms. The molecule has 1 aliphatic rings. The third kappa shape index (κ3) is 4.18. The summed E-state index contributed by atoms with van der Waals surface area (Å²) in [5.74, 6) is -1.62. The van der Waals surface area contributed by atoms with Crippen LogP contribution in [0, 0.1) is 17.1 Å². The molecular formula is C20H21FN4O5S. The smallest absolute Gasteiger partial charge is 0.276 e. The average Bonchev–Trinajstić information content (AvgIpc) is 3.00. The van der Waals surface area contributed by atoms with Gasteiger partial charge in [0.1, 0.15) is 23.4 Å². The van der Waals surface area contributed by atoms with Gasteiger partial charge < -0.3 is 19.7 Å². The minimum Gasteiger partial charge on any atom is -0.488 e. The van der Waals surface area contributed by atoms with Crippen molar-refractivity contribution in [1.29, 1.82) is 5.26 Å². The highest BCUT2D eigenvalue weighted by molar-refractivity contribution is 7.89. The summed E-state index contributed by atoms with van der Waals surface area (Å²) in [6.07, 6.45) is 1.70. The number of amides is 1. The molecule has 1 amide bonds. The minimum absolute atomic E-state index is 0.0920. The van der Waals surface area contributed by atoms with Gasteiger partial charge in [-0.3, -0.25) is 4.79 Å². The summed E-state index contributed by atoms with van der Waals surface area (Å²) in [6.45, 7) is 4.79. The van der Waals surface area contributed by atoms with E-state index >= 15 is 0 Å². The van der Waals surface area contributed by atoms with E-state index in [9.17, 15) is 22.7 Å². The zero-order valence-corrected chi connectivity index (χ0v) is 17.7. The van der Waals surface area contributed by atoms with Crippen LogP contribution in [0.4, 0.5) is 10.1 Å². The van der Waals surface area contributed by atoms with Gasteiger partial charge in [0, 0.05) is 18.9 Å². The lowest BCUT2D eigenvalue weighted by Gasteiger charge is -2.32. The Labute approximate surface area is 178 Å². The summed E-state index contributed by atoms with van der Waals surface area (Å²) >= 11 is 0. The maximum absolute atomic E-state index is 13.5. The number of aromatic nitrogens is 1. The fourth-order valence-electron chi connectivity index (χ4n) is 3.24. The van der Waals surface area contributed by atoms with E-state index in [4.69, 9.17) is 10.00 Å². The zero-order chi connectivity index (χ0) is 23.0. The van der Waals surface area contributed by atoms with E-state index in [1.807, 2.05) is 0 Å². The molecule has 2 aromatic rings. The van der Waals surface area contributed by atoms with Crippen LogP contribution in [0.15, 0.2) is 41.9 Å². The molecule has 0 aliphatic carbocycles. The number of carbonyl (C=O) groups is 1. The molecule has 0 radical (unpaired) electrons. The largest absolute Gasteiger partial charge is 0.488 e. The maximum Gasteiger partial charge on any atom is 0.276 e. The number of nitrogens with one attached hydrogen (secondary N) is 2. The number of hydrogen-bond donors (Lipinski definition) is 3. The van der Waals surface area contributed by atoms with Crippen LogP contribution in [0.5, 0.6) is 5.75 Å². The first-order valence-corrected chi connectivity index (χ1v) is 10.7. The maximum atomic E-state index is 13.5. The van der Waals surface area contributed by atoms with Gasteiger partial charge in [0.2, 0.25) is 10.0 Å². The van der Waals surface area contributed by atoms with Gasteiger partial charge in [0.05, 0.1) is 17.2 Å². The molecule has 1 aromatic carbocycles. The molecule has 3 N–H and O–H groups in total. The van der Waals surface area contributed by atoms with Crippen LogP contribution < -0.4 is 14.8 Å². The van der Waals surface area contributed by atoms with E-state index in [2.05, 4.69) is 16.6 Å². The zero-order valence-electron chi connectivity index (χ0n) is 16.8. The average molecular weight is 448 g/mol. The van der Waals surface area contributed by atoms with Crippen molar-refractivity contribution in [2.45, 2.75) is 29.9 Å². The molecule has 2 heterocycles. The number of aliphatic hydroxyl groups is 1. The van der Waals surface area contributed by atoms with E-state index < -0.39 is 33.4 Å². The quantitative estimate of drug-likeness (QED) is 0.596. The number of halogens is 1. The minimum atomic E-state index is -4.14. The summed E-state index contributed by atoms with van der Waals surface area (Å²) in [7, 11) is -2.66. The van der Waals surface area contributed by atoms with Gasteiger partial charge in [0.15, 0.2) is 11.4 Å². The fraction of sp³-hybridized carbons (Fsp3) is 0.300. The Kier molecular flexibility index (Phi) is 5.91. The number of rotatable bonds is 5. The van der Waals surface area contributed by atoms with E-state index in [-0.39, 0.29) is 40.6 Å². The lowest BCUT2D eigenvalue weighted by atomic mass is 9.94. The number of ether oxygens (including phenoxy) is 1. The summed E-state index contributed by atoms with van der Waals surface area (Å²) in [5, 5.41) is 21.9. The second-order valence-electron chi connectivity index (χ2n) is 7.39. The number of sulfonamides is 1. The normalized spacial score (nSPS) is 20.5. The molecule has 0 spiro atoms. The van der Waals surface area contributed by atoms with E-state index in [1.54, 1.807) is 6.07 Å². The number of aryl methyl sites for hydroxylation is 1. The standard InChI is InChI=1S/C20H21FN4O5S/c1-4-5-16(26)20(2)11-30-18-15(31(28,29)24-20)10-25(3)17(18)19(27)23-13-6-7-14(21)12(8-13)9-22/h4,6-8,10,16,24,26H,1,5,11H2,2-3H3,(H,23,27)/t16-,20-/m0/s1. The highest BCUT2D eigenvalue weighted by atomic mass is 32.2. The van der Waals surface area contributed by atoms with Crippen LogP contribution in [0.1, 0.15) is 29.4 Å². The van der Waals surface area contributed by atoms with Crippen LogP contribution in [-0.4, -0.2) is 42.2 Å². The second-order valence-corrected chi connectivity index (χ2v) is 9.05. The fourth-order valence-corrected chi connectivity index (χ4v) is 4.86. The van der Waals surface area contributed by atoms with Crippen molar-refractivity contribution in [2.24, 2.45) is 7.05 Å². The molecular weight excluding hydrogens is 427 g/mol. The number of benzene rings is 1. The summed E-state index contributed by atoms with van der Waals surface area (Å²) in [4.78, 5) is 12.6. The van der Waals surface area contributed by atoms with Crippen molar-refractivity contribution in [1.82, 2.24) is 9.29 Å². The molecule has 2 atom stereocenters. The molecule has 0 saturated carbocycles. The summed E-state index contributed by atoms with van der Waals surface area (Å²) in [6, 6.07) is 5.16. The summed E-state index contributed by atoms with van der Waals surface area (Å²) < 4.78 is 48.9. The van der Waals surface area contributed by atoms with Crippen molar-refractivity contribution in [2.75, 3.05) is 11.9 Å². The number of anilines is 1. The molecule has 1 aliphatic heterocycles. The number of aliphatic hydroxyl groups excluding tert-OH is 1. The molecule has 164 valence electrons. The molecule has 0 saturated heterocycles. The van der Waals surface area contributed by atoms with Crippen LogP contribution >= 0.6 is 0 Å². The first-order valence-electron chi connectivity index (χ1n) is 9.18. The number of hydrogen-bond acceptors (Lipinski definition) is 6. The van der Waals surface area contributed by atoms with Crippen LogP contribution in [-0.2, 0) is 17.1 Å². The lowest BCUT2D eigenvalue weighted by molar-refractivity contribution is 0.0542. The van der Waals surface area contributed by atoms with Crippen molar-refractivity contribution in [3.05, 3.63) is 54.1 Å². The molecule has 1 aromatic heterocycles.